The van der Waals surface area contributed by atoms with E-state index in [4.69, 9.17) is 14.6 Å². The van der Waals surface area contributed by atoms with Gasteiger partial charge in [0.25, 0.3) is 0 Å². The van der Waals surface area contributed by atoms with Gasteiger partial charge in [-0.05, 0) is 35.4 Å². The maximum Gasteiger partial charge on any atom is 0.165 e. The van der Waals surface area contributed by atoms with Crippen LogP contribution < -0.4 is 9.47 Å². The molecule has 0 fully saturated rings. The quantitative estimate of drug-likeness (QED) is 0.631. The zero-order valence-electron chi connectivity index (χ0n) is 14.4. The molecule has 0 aliphatic carbocycles. The Morgan fingerprint density at radius 1 is 1.15 bits per heavy atom. The number of ether oxygens (including phenoxy) is 2. The normalized spacial score (nSPS) is 18.8. The van der Waals surface area contributed by atoms with Crippen molar-refractivity contribution in [2.75, 3.05) is 20.3 Å². The lowest BCUT2D eigenvalue weighted by Gasteiger charge is -2.18. The van der Waals surface area contributed by atoms with Crippen molar-refractivity contribution in [2.24, 2.45) is 0 Å². The Balaban J connectivity index is 2.04. The van der Waals surface area contributed by atoms with Crippen LogP contribution in [0.25, 0.3) is 6.08 Å². The summed E-state index contributed by atoms with van der Waals surface area (Å²) in [5, 5.41) is 38.1. The van der Waals surface area contributed by atoms with Crippen LogP contribution >= 0.6 is 0 Å². The summed E-state index contributed by atoms with van der Waals surface area (Å²) < 4.78 is 11.5. The van der Waals surface area contributed by atoms with E-state index in [0.717, 1.165) is 16.7 Å². The van der Waals surface area contributed by atoms with Crippen LogP contribution in [0.1, 0.15) is 34.3 Å². The Labute approximate surface area is 151 Å². The molecular formula is C20H22O6. The van der Waals surface area contributed by atoms with E-state index in [1.165, 1.54) is 6.07 Å². The van der Waals surface area contributed by atoms with E-state index in [1.54, 1.807) is 37.5 Å². The average molecular weight is 358 g/mol. The molecular weight excluding hydrogens is 336 g/mol. The van der Waals surface area contributed by atoms with Gasteiger partial charge in [-0.3, -0.25) is 0 Å². The fraction of sp³-hybridized carbons (Fsp3) is 0.300. The highest BCUT2D eigenvalue weighted by Crippen LogP contribution is 2.51. The highest BCUT2D eigenvalue weighted by atomic mass is 16.5. The molecule has 0 saturated heterocycles. The molecule has 0 radical (unpaired) electrons. The summed E-state index contributed by atoms with van der Waals surface area (Å²) in [6.45, 7) is -0.495. The Morgan fingerprint density at radius 2 is 1.96 bits per heavy atom. The van der Waals surface area contributed by atoms with Crippen molar-refractivity contribution < 1.29 is 29.9 Å². The Bertz CT molecular complexity index is 814. The number of aromatic hydroxyl groups is 1. The molecule has 2 atom stereocenters. The van der Waals surface area contributed by atoms with Crippen molar-refractivity contribution in [3.8, 4) is 17.2 Å². The molecule has 2 aromatic carbocycles. The number of aliphatic hydroxyl groups is 3. The first-order valence-corrected chi connectivity index (χ1v) is 8.32. The summed E-state index contributed by atoms with van der Waals surface area (Å²) >= 11 is 0. The van der Waals surface area contributed by atoms with E-state index in [2.05, 4.69) is 0 Å². The van der Waals surface area contributed by atoms with Crippen LogP contribution in [0.3, 0.4) is 0 Å². The third-order valence-electron chi connectivity index (χ3n) is 4.55. The van der Waals surface area contributed by atoms with Crippen LogP contribution in [0.4, 0.5) is 0 Å². The highest BCUT2D eigenvalue weighted by Gasteiger charge is 2.37. The number of phenols is 1. The Morgan fingerprint density at radius 3 is 2.62 bits per heavy atom. The molecule has 6 nitrogen and oxygen atoms in total. The molecule has 3 rings (SSSR count). The van der Waals surface area contributed by atoms with Gasteiger partial charge in [0.05, 0.1) is 32.8 Å². The van der Waals surface area contributed by atoms with Gasteiger partial charge in [0.1, 0.15) is 11.9 Å². The van der Waals surface area contributed by atoms with Crippen LogP contribution in [0.5, 0.6) is 17.2 Å². The van der Waals surface area contributed by atoms with E-state index in [0.29, 0.717) is 17.1 Å². The summed E-state index contributed by atoms with van der Waals surface area (Å²) in [4.78, 5) is 0. The monoisotopic (exact) mass is 358 g/mol. The molecule has 26 heavy (non-hydrogen) atoms. The van der Waals surface area contributed by atoms with Crippen molar-refractivity contribution in [1.29, 1.82) is 0 Å². The molecule has 138 valence electrons. The zero-order valence-corrected chi connectivity index (χ0v) is 14.4. The first kappa shape index (κ1) is 18.3. The third-order valence-corrected chi connectivity index (χ3v) is 4.55. The molecule has 0 spiro atoms. The molecule has 1 heterocycles. The van der Waals surface area contributed by atoms with E-state index in [9.17, 15) is 15.3 Å². The summed E-state index contributed by atoms with van der Waals surface area (Å²) in [6.07, 6.45) is 2.93. The van der Waals surface area contributed by atoms with Gasteiger partial charge in [-0.1, -0.05) is 18.2 Å². The van der Waals surface area contributed by atoms with Crippen molar-refractivity contribution in [2.45, 2.75) is 18.6 Å². The molecule has 4 N–H and O–H groups in total. The lowest BCUT2D eigenvalue weighted by molar-refractivity contribution is 0.157. The maximum atomic E-state index is 9.98. The van der Waals surface area contributed by atoms with Gasteiger partial charge < -0.3 is 29.9 Å². The van der Waals surface area contributed by atoms with Crippen LogP contribution in [0.15, 0.2) is 36.4 Å². The number of benzene rings is 2. The zero-order chi connectivity index (χ0) is 18.7. The third kappa shape index (κ3) is 3.26. The van der Waals surface area contributed by atoms with E-state index in [-0.39, 0.29) is 31.5 Å². The predicted molar refractivity (Wildman–Crippen MR) is 96.3 cm³/mol. The summed E-state index contributed by atoms with van der Waals surface area (Å²) in [5.74, 6) is 0.803. The standard InChI is InChI=1S/C20H22O6/c1-25-18-8-12(3-2-6-21)7-15-16(11-23)19(26-20(15)18)13-4-5-17(24)14(9-13)10-22/h2-5,7-9,16,19,21-24H,6,10-11H2,1H3/t16-,19+/m0/s1. The van der Waals surface area contributed by atoms with Crippen LogP contribution in [-0.2, 0) is 6.61 Å². The number of aliphatic hydroxyl groups excluding tert-OH is 3. The second-order valence-corrected chi connectivity index (χ2v) is 6.10. The molecule has 0 saturated carbocycles. The fourth-order valence-corrected chi connectivity index (χ4v) is 3.26. The SMILES string of the molecule is COc1cc(C=CCO)cc2c1O[C@H](c1ccc(O)c(CO)c1)[C@H]2CO. The number of hydrogen-bond donors (Lipinski definition) is 4. The topological polar surface area (TPSA) is 99.4 Å². The van der Waals surface area contributed by atoms with Crippen molar-refractivity contribution in [3.05, 3.63) is 58.7 Å². The number of hydrogen-bond acceptors (Lipinski definition) is 6. The van der Waals surface area contributed by atoms with Gasteiger partial charge in [0.2, 0.25) is 0 Å². The van der Waals surface area contributed by atoms with Gasteiger partial charge in [0.15, 0.2) is 11.5 Å². The van der Waals surface area contributed by atoms with E-state index >= 15 is 0 Å². The number of rotatable bonds is 6. The minimum absolute atomic E-state index is 0.0151. The lowest BCUT2D eigenvalue weighted by atomic mass is 9.90. The van der Waals surface area contributed by atoms with Crippen molar-refractivity contribution in [1.82, 2.24) is 0 Å². The smallest absolute Gasteiger partial charge is 0.165 e. The molecule has 1 aliphatic heterocycles. The minimum atomic E-state index is -0.466. The summed E-state index contributed by atoms with van der Waals surface area (Å²) in [5.41, 5.74) is 2.79. The van der Waals surface area contributed by atoms with E-state index < -0.39 is 6.10 Å². The summed E-state index contributed by atoms with van der Waals surface area (Å²) in [6, 6.07) is 8.60. The molecule has 0 unspecified atom stereocenters. The van der Waals surface area contributed by atoms with Crippen LogP contribution in [0.2, 0.25) is 0 Å². The van der Waals surface area contributed by atoms with Gasteiger partial charge in [-0.25, -0.2) is 0 Å². The van der Waals surface area contributed by atoms with Gasteiger partial charge in [0, 0.05) is 11.1 Å². The second kappa shape index (κ2) is 7.78. The molecule has 0 amide bonds. The van der Waals surface area contributed by atoms with Gasteiger partial charge in [-0.15, -0.1) is 0 Å². The first-order chi connectivity index (χ1) is 12.6. The van der Waals surface area contributed by atoms with Crippen LogP contribution in [-0.4, -0.2) is 40.7 Å². The Kier molecular flexibility index (Phi) is 5.46. The molecule has 2 aromatic rings. The maximum absolute atomic E-state index is 9.98. The second-order valence-electron chi connectivity index (χ2n) is 6.10. The predicted octanol–water partition coefficient (Wildman–Crippen LogP) is 2.11. The molecule has 0 bridgehead atoms. The lowest BCUT2D eigenvalue weighted by Crippen LogP contribution is -2.13. The summed E-state index contributed by atoms with van der Waals surface area (Å²) in [7, 11) is 1.55. The van der Waals surface area contributed by atoms with Crippen LogP contribution in [0, 0.1) is 0 Å². The minimum Gasteiger partial charge on any atom is -0.508 e. The number of fused-ring (bicyclic) bond motifs is 1. The molecule has 6 heteroatoms. The van der Waals surface area contributed by atoms with E-state index in [1.807, 2.05) is 6.07 Å². The number of methoxy groups -OCH3 is 1. The largest absolute Gasteiger partial charge is 0.508 e. The Hall–Kier alpha value is -2.54. The average Bonchev–Trinajstić information content (AvgIpc) is 3.04. The molecule has 1 aliphatic rings. The van der Waals surface area contributed by atoms with Crippen molar-refractivity contribution >= 4 is 6.08 Å². The van der Waals surface area contributed by atoms with Gasteiger partial charge >= 0.3 is 0 Å². The highest BCUT2D eigenvalue weighted by molar-refractivity contribution is 5.62. The first-order valence-electron chi connectivity index (χ1n) is 8.32. The molecule has 0 aromatic heterocycles. The van der Waals surface area contributed by atoms with Crippen molar-refractivity contribution in [3.63, 3.8) is 0 Å². The fourth-order valence-electron chi connectivity index (χ4n) is 3.26. The van der Waals surface area contributed by atoms with Gasteiger partial charge in [-0.2, -0.15) is 0 Å².